The van der Waals surface area contributed by atoms with E-state index in [4.69, 9.17) is 5.11 Å². The van der Waals surface area contributed by atoms with E-state index in [0.717, 1.165) is 22.7 Å². The summed E-state index contributed by atoms with van der Waals surface area (Å²) >= 11 is 1.08. The Bertz CT molecular complexity index is 530. The van der Waals surface area contributed by atoms with Crippen molar-refractivity contribution < 1.29 is 9.90 Å². The molecule has 82 valence electrons. The highest BCUT2D eigenvalue weighted by atomic mass is 32.1. The number of thiazole rings is 1. The Morgan fingerprint density at radius 3 is 2.44 bits per heavy atom. The van der Waals surface area contributed by atoms with Crippen molar-refractivity contribution in [1.29, 1.82) is 0 Å². The zero-order chi connectivity index (χ0) is 11.7. The van der Waals surface area contributed by atoms with E-state index >= 15 is 0 Å². The van der Waals surface area contributed by atoms with Crippen LogP contribution in [0.15, 0.2) is 12.3 Å². The first-order valence-corrected chi connectivity index (χ1v) is 5.39. The lowest BCUT2D eigenvalue weighted by Crippen LogP contribution is -1.93. The smallest absolute Gasteiger partial charge is 0.347 e. The fourth-order valence-electron chi connectivity index (χ4n) is 1.30. The van der Waals surface area contributed by atoms with Crippen LogP contribution in [0.25, 0.3) is 10.8 Å². The largest absolute Gasteiger partial charge is 0.477 e. The van der Waals surface area contributed by atoms with Gasteiger partial charge in [0.15, 0.2) is 10.8 Å². The average molecular weight is 235 g/mol. The first kappa shape index (κ1) is 10.7. The number of hydrogen-bond acceptors (Lipinski definition) is 5. The van der Waals surface area contributed by atoms with Crippen LogP contribution in [0.5, 0.6) is 0 Å². The van der Waals surface area contributed by atoms with Crippen molar-refractivity contribution in [3.8, 4) is 10.8 Å². The van der Waals surface area contributed by atoms with E-state index in [1.54, 1.807) is 0 Å². The van der Waals surface area contributed by atoms with Gasteiger partial charge in [0.05, 0.1) is 6.20 Å². The second-order valence-electron chi connectivity index (χ2n) is 3.31. The SMILES string of the molecule is Cc1cc(C)nc(-c2ncc(C(=O)O)s2)n1. The van der Waals surface area contributed by atoms with E-state index in [0.29, 0.717) is 10.8 Å². The van der Waals surface area contributed by atoms with Crippen LogP contribution in [0.4, 0.5) is 0 Å². The summed E-state index contributed by atoms with van der Waals surface area (Å²) in [5.74, 6) is -0.497. The summed E-state index contributed by atoms with van der Waals surface area (Å²) < 4.78 is 0. The maximum absolute atomic E-state index is 10.7. The zero-order valence-corrected chi connectivity index (χ0v) is 9.58. The van der Waals surface area contributed by atoms with Gasteiger partial charge in [-0.05, 0) is 19.9 Å². The fraction of sp³-hybridized carbons (Fsp3) is 0.200. The Hall–Kier alpha value is -1.82. The molecule has 2 aromatic heterocycles. The summed E-state index contributed by atoms with van der Waals surface area (Å²) in [4.78, 5) is 23.3. The van der Waals surface area contributed by atoms with Crippen LogP contribution < -0.4 is 0 Å². The summed E-state index contributed by atoms with van der Waals surface area (Å²) in [6, 6.07) is 1.86. The summed E-state index contributed by atoms with van der Waals surface area (Å²) in [5.41, 5.74) is 1.68. The van der Waals surface area contributed by atoms with Crippen LogP contribution >= 0.6 is 11.3 Å². The molecule has 2 heterocycles. The zero-order valence-electron chi connectivity index (χ0n) is 8.76. The van der Waals surface area contributed by atoms with Crippen molar-refractivity contribution in [3.05, 3.63) is 28.5 Å². The minimum absolute atomic E-state index is 0.192. The number of nitrogens with zero attached hydrogens (tertiary/aromatic N) is 3. The number of carboxylic acids is 1. The van der Waals surface area contributed by atoms with E-state index in [9.17, 15) is 4.79 Å². The van der Waals surface area contributed by atoms with E-state index in [-0.39, 0.29) is 4.88 Å². The van der Waals surface area contributed by atoms with Crippen molar-refractivity contribution in [2.45, 2.75) is 13.8 Å². The van der Waals surface area contributed by atoms with E-state index in [1.165, 1.54) is 6.20 Å². The summed E-state index contributed by atoms with van der Waals surface area (Å²) in [7, 11) is 0. The third-order valence-electron chi connectivity index (χ3n) is 1.89. The minimum atomic E-state index is -0.979. The van der Waals surface area contributed by atoms with E-state index in [1.807, 2.05) is 19.9 Å². The van der Waals surface area contributed by atoms with Crippen LogP contribution in [0.2, 0.25) is 0 Å². The lowest BCUT2D eigenvalue weighted by Gasteiger charge is -1.98. The van der Waals surface area contributed by atoms with Gasteiger partial charge in [0.25, 0.3) is 0 Å². The number of carbonyl (C=O) groups is 1. The van der Waals surface area contributed by atoms with Gasteiger partial charge in [-0.3, -0.25) is 0 Å². The number of hydrogen-bond donors (Lipinski definition) is 1. The molecule has 0 unspecified atom stereocenters. The van der Waals surface area contributed by atoms with Gasteiger partial charge < -0.3 is 5.11 Å². The first-order chi connectivity index (χ1) is 7.56. The van der Waals surface area contributed by atoms with Gasteiger partial charge in [-0.1, -0.05) is 0 Å². The second-order valence-corrected chi connectivity index (χ2v) is 4.34. The monoisotopic (exact) mass is 235 g/mol. The molecule has 0 aliphatic carbocycles. The lowest BCUT2D eigenvalue weighted by atomic mass is 10.3. The molecule has 0 bridgehead atoms. The number of aromatic nitrogens is 3. The van der Waals surface area contributed by atoms with Crippen molar-refractivity contribution in [2.75, 3.05) is 0 Å². The third kappa shape index (κ3) is 2.06. The number of aromatic carboxylic acids is 1. The molecule has 0 radical (unpaired) electrons. The molecule has 0 aromatic carbocycles. The molecule has 0 saturated heterocycles. The average Bonchev–Trinajstić information content (AvgIpc) is 2.64. The molecule has 1 N–H and O–H groups in total. The number of aryl methyl sites for hydroxylation is 2. The molecule has 16 heavy (non-hydrogen) atoms. The molecule has 0 aliphatic heterocycles. The van der Waals surface area contributed by atoms with Crippen molar-refractivity contribution in [3.63, 3.8) is 0 Å². The molecule has 0 spiro atoms. The Morgan fingerprint density at radius 1 is 1.31 bits per heavy atom. The normalized spacial score (nSPS) is 10.4. The predicted molar refractivity (Wildman–Crippen MR) is 59.6 cm³/mol. The topological polar surface area (TPSA) is 76.0 Å². The highest BCUT2D eigenvalue weighted by Gasteiger charge is 2.12. The van der Waals surface area contributed by atoms with E-state index < -0.39 is 5.97 Å². The Morgan fingerprint density at radius 2 is 1.94 bits per heavy atom. The van der Waals surface area contributed by atoms with Crippen molar-refractivity contribution >= 4 is 17.3 Å². The second kappa shape index (κ2) is 3.97. The van der Waals surface area contributed by atoms with Crippen LogP contribution in [-0.4, -0.2) is 26.0 Å². The van der Waals surface area contributed by atoms with Crippen LogP contribution in [0.1, 0.15) is 21.1 Å². The standard InChI is InChI=1S/C10H9N3O2S/c1-5-3-6(2)13-8(12-5)9-11-4-7(16-9)10(14)15/h3-4H,1-2H3,(H,14,15). The molecule has 2 aromatic rings. The lowest BCUT2D eigenvalue weighted by molar-refractivity contribution is 0.0702. The van der Waals surface area contributed by atoms with Crippen molar-refractivity contribution in [1.82, 2.24) is 15.0 Å². The van der Waals surface area contributed by atoms with Gasteiger partial charge in [0.1, 0.15) is 4.88 Å². The maximum atomic E-state index is 10.7. The molecule has 0 amide bonds. The highest BCUT2D eigenvalue weighted by Crippen LogP contribution is 2.22. The third-order valence-corrected chi connectivity index (χ3v) is 2.87. The van der Waals surface area contributed by atoms with Gasteiger partial charge in [0, 0.05) is 11.4 Å². The van der Waals surface area contributed by atoms with Crippen molar-refractivity contribution in [2.24, 2.45) is 0 Å². The molecule has 0 saturated carbocycles. The predicted octanol–water partition coefficient (Wildman–Crippen LogP) is 1.92. The number of carboxylic acid groups (broad SMARTS) is 1. The van der Waals surface area contributed by atoms with Gasteiger partial charge in [-0.2, -0.15) is 0 Å². The van der Waals surface area contributed by atoms with Crippen LogP contribution in [0.3, 0.4) is 0 Å². The molecular formula is C10H9N3O2S. The fourth-order valence-corrected chi connectivity index (χ4v) is 1.99. The van der Waals surface area contributed by atoms with Crippen LogP contribution in [-0.2, 0) is 0 Å². The number of rotatable bonds is 2. The summed E-state index contributed by atoms with van der Waals surface area (Å²) in [6.07, 6.45) is 1.32. The first-order valence-electron chi connectivity index (χ1n) is 4.58. The Balaban J connectivity index is 2.46. The minimum Gasteiger partial charge on any atom is -0.477 e. The highest BCUT2D eigenvalue weighted by molar-refractivity contribution is 7.16. The molecule has 0 aliphatic rings. The summed E-state index contributed by atoms with van der Waals surface area (Å²) in [5, 5.41) is 9.32. The molecule has 0 atom stereocenters. The molecular weight excluding hydrogens is 226 g/mol. The maximum Gasteiger partial charge on any atom is 0.347 e. The van der Waals surface area contributed by atoms with Gasteiger partial charge in [0.2, 0.25) is 0 Å². The molecule has 2 rings (SSSR count). The Kier molecular flexibility index (Phi) is 2.66. The van der Waals surface area contributed by atoms with Crippen LogP contribution in [0, 0.1) is 13.8 Å². The molecule has 6 heteroatoms. The molecule has 0 fully saturated rings. The quantitative estimate of drug-likeness (QED) is 0.860. The van der Waals surface area contributed by atoms with Gasteiger partial charge in [-0.25, -0.2) is 19.7 Å². The summed E-state index contributed by atoms with van der Waals surface area (Å²) in [6.45, 7) is 3.73. The molecule has 5 nitrogen and oxygen atoms in total. The van der Waals surface area contributed by atoms with E-state index in [2.05, 4.69) is 15.0 Å². The van der Waals surface area contributed by atoms with Gasteiger partial charge >= 0.3 is 5.97 Å². The van der Waals surface area contributed by atoms with Gasteiger partial charge in [-0.15, -0.1) is 11.3 Å². The Labute approximate surface area is 95.8 Å².